The first-order valence-electron chi connectivity index (χ1n) is 12.3. The van der Waals surface area contributed by atoms with Gasteiger partial charge in [0, 0.05) is 18.2 Å². The number of carbonyl (C=O) groups excluding carboxylic acids is 3. The minimum atomic E-state index is -0.641. The van der Waals surface area contributed by atoms with E-state index in [-0.39, 0.29) is 19.0 Å². The summed E-state index contributed by atoms with van der Waals surface area (Å²) in [7, 11) is 0. The summed E-state index contributed by atoms with van der Waals surface area (Å²) in [6.45, 7) is 6.78. The lowest BCUT2D eigenvalue weighted by molar-refractivity contribution is -0.139. The normalized spacial score (nSPS) is 14.7. The Balaban J connectivity index is 1.71. The van der Waals surface area contributed by atoms with Crippen LogP contribution < -0.4 is 30.3 Å². The SMILES string of the molecule is CCOC(=O)C1=C(C)NC(=S)N[C@H]1c1ccccc1OCC(=O)NN=Cc1cc(Br)c(OC(C)=O)c(OCC)c1. The lowest BCUT2D eigenvalue weighted by atomic mass is 9.95. The third kappa shape index (κ3) is 8.02. The van der Waals surface area contributed by atoms with Crippen molar-refractivity contribution in [2.75, 3.05) is 19.8 Å². The number of para-hydroxylation sites is 1. The van der Waals surface area contributed by atoms with Crippen LogP contribution in [-0.2, 0) is 19.1 Å². The van der Waals surface area contributed by atoms with E-state index >= 15 is 0 Å². The van der Waals surface area contributed by atoms with Crippen molar-refractivity contribution in [3.63, 3.8) is 0 Å². The molecule has 0 saturated carbocycles. The maximum absolute atomic E-state index is 12.7. The molecule has 1 atom stereocenters. The number of hydrogen-bond donors (Lipinski definition) is 3. The standard InChI is InChI=1S/C27H29BrN4O7S/c1-5-36-21-12-17(11-19(28)25(21)39-16(4)33)13-29-32-22(34)14-38-20-10-8-7-9-18(20)24-23(26(35)37-6-2)15(3)30-27(40)31-24/h7-13,24H,5-6,14H2,1-4H3,(H,32,34)(H2,30,31,40)/t24-/m0/s1. The van der Waals surface area contributed by atoms with Crippen LogP contribution in [0.1, 0.15) is 44.9 Å². The van der Waals surface area contributed by atoms with Crippen LogP contribution in [0.3, 0.4) is 0 Å². The van der Waals surface area contributed by atoms with Crippen molar-refractivity contribution < 1.29 is 33.3 Å². The van der Waals surface area contributed by atoms with Crippen LogP contribution in [0.5, 0.6) is 17.2 Å². The van der Waals surface area contributed by atoms with Crippen molar-refractivity contribution in [1.82, 2.24) is 16.1 Å². The zero-order valence-corrected chi connectivity index (χ0v) is 24.7. The molecule has 0 aliphatic carbocycles. The maximum atomic E-state index is 12.7. The Morgan fingerprint density at radius 3 is 2.58 bits per heavy atom. The van der Waals surface area contributed by atoms with Gasteiger partial charge in [-0.3, -0.25) is 9.59 Å². The number of amides is 1. The van der Waals surface area contributed by atoms with Crippen LogP contribution in [0.4, 0.5) is 0 Å². The molecule has 11 nitrogen and oxygen atoms in total. The number of carbonyl (C=O) groups is 3. The van der Waals surface area contributed by atoms with Gasteiger partial charge in [0.25, 0.3) is 5.91 Å². The summed E-state index contributed by atoms with van der Waals surface area (Å²) in [5, 5.41) is 10.4. The highest BCUT2D eigenvalue weighted by atomic mass is 79.9. The molecule has 0 aromatic heterocycles. The largest absolute Gasteiger partial charge is 0.490 e. The van der Waals surface area contributed by atoms with E-state index in [1.54, 1.807) is 57.2 Å². The third-order valence-corrected chi connectivity index (χ3v) is 6.14. The quantitative estimate of drug-likeness (QED) is 0.111. The van der Waals surface area contributed by atoms with E-state index in [1.165, 1.54) is 13.1 Å². The van der Waals surface area contributed by atoms with Gasteiger partial charge in [-0.2, -0.15) is 5.10 Å². The summed E-state index contributed by atoms with van der Waals surface area (Å²) >= 11 is 8.66. The predicted octanol–water partition coefficient (Wildman–Crippen LogP) is 3.66. The molecule has 1 heterocycles. The average molecular weight is 634 g/mol. The first kappa shape index (κ1) is 30.6. The zero-order chi connectivity index (χ0) is 29.2. The van der Waals surface area contributed by atoms with Crippen LogP contribution in [0.15, 0.2) is 57.2 Å². The zero-order valence-electron chi connectivity index (χ0n) is 22.3. The van der Waals surface area contributed by atoms with Crippen molar-refractivity contribution >= 4 is 57.3 Å². The molecule has 0 fully saturated rings. The average Bonchev–Trinajstić information content (AvgIpc) is 2.89. The molecular formula is C27H29BrN4O7S. The summed E-state index contributed by atoms with van der Waals surface area (Å²) in [6, 6.07) is 9.66. The molecule has 1 aliphatic rings. The number of benzene rings is 2. The Labute approximate surface area is 245 Å². The number of nitrogens with one attached hydrogen (secondary N) is 3. The highest BCUT2D eigenvalue weighted by molar-refractivity contribution is 9.10. The van der Waals surface area contributed by atoms with Crippen molar-refractivity contribution in [2.24, 2.45) is 5.10 Å². The number of ether oxygens (including phenoxy) is 4. The van der Waals surface area contributed by atoms with E-state index in [0.29, 0.717) is 50.1 Å². The fourth-order valence-electron chi connectivity index (χ4n) is 3.78. The maximum Gasteiger partial charge on any atom is 0.338 e. The third-order valence-electron chi connectivity index (χ3n) is 5.33. The lowest BCUT2D eigenvalue weighted by Gasteiger charge is -2.30. The Bertz CT molecular complexity index is 1360. The Morgan fingerprint density at radius 2 is 1.88 bits per heavy atom. The van der Waals surface area contributed by atoms with Gasteiger partial charge in [-0.05, 0) is 72.7 Å². The Kier molecular flexibility index (Phi) is 11.0. The number of allylic oxidation sites excluding steroid dienone is 1. The molecule has 0 unspecified atom stereocenters. The molecule has 13 heteroatoms. The van der Waals surface area contributed by atoms with E-state index < -0.39 is 23.9 Å². The molecular weight excluding hydrogens is 604 g/mol. The number of thiocarbonyl (C=S) groups is 1. The molecule has 212 valence electrons. The van der Waals surface area contributed by atoms with Gasteiger partial charge in [0.2, 0.25) is 0 Å². The number of halogens is 1. The number of rotatable bonds is 11. The molecule has 0 saturated heterocycles. The lowest BCUT2D eigenvalue weighted by Crippen LogP contribution is -2.45. The van der Waals surface area contributed by atoms with Gasteiger partial charge in [-0.25, -0.2) is 10.2 Å². The summed E-state index contributed by atoms with van der Waals surface area (Å²) < 4.78 is 22.3. The molecule has 0 radical (unpaired) electrons. The molecule has 3 rings (SSSR count). The fraction of sp³-hybridized carbons (Fsp3) is 0.296. The number of hydrazone groups is 1. The van der Waals surface area contributed by atoms with Crippen LogP contribution in [0.2, 0.25) is 0 Å². The fourth-order valence-corrected chi connectivity index (χ4v) is 4.59. The van der Waals surface area contributed by atoms with Crippen molar-refractivity contribution in [3.8, 4) is 17.2 Å². The van der Waals surface area contributed by atoms with Crippen molar-refractivity contribution in [3.05, 3.63) is 63.3 Å². The monoisotopic (exact) mass is 632 g/mol. The van der Waals surface area contributed by atoms with Gasteiger partial charge in [0.1, 0.15) is 5.75 Å². The highest BCUT2D eigenvalue weighted by Crippen LogP contribution is 2.37. The second-order valence-corrected chi connectivity index (χ2v) is 9.53. The highest BCUT2D eigenvalue weighted by Gasteiger charge is 2.32. The summed E-state index contributed by atoms with van der Waals surface area (Å²) in [5.41, 5.74) is 4.52. The first-order chi connectivity index (χ1) is 19.1. The Hall–Kier alpha value is -3.97. The number of esters is 2. The summed E-state index contributed by atoms with van der Waals surface area (Å²) in [4.78, 5) is 36.6. The second kappa shape index (κ2) is 14.4. The topological polar surface area (TPSA) is 137 Å². The van der Waals surface area contributed by atoms with E-state index in [0.717, 1.165) is 0 Å². The van der Waals surface area contributed by atoms with Crippen LogP contribution in [0.25, 0.3) is 0 Å². The van der Waals surface area contributed by atoms with Crippen molar-refractivity contribution in [2.45, 2.75) is 33.7 Å². The van der Waals surface area contributed by atoms with Crippen LogP contribution >= 0.6 is 28.1 Å². The van der Waals surface area contributed by atoms with Gasteiger partial charge >= 0.3 is 11.9 Å². The minimum Gasteiger partial charge on any atom is -0.490 e. The summed E-state index contributed by atoms with van der Waals surface area (Å²) in [5.74, 6) is -0.518. The van der Waals surface area contributed by atoms with E-state index in [1.807, 2.05) is 0 Å². The van der Waals surface area contributed by atoms with E-state index in [4.69, 9.17) is 31.2 Å². The smallest absolute Gasteiger partial charge is 0.338 e. The van der Waals surface area contributed by atoms with Gasteiger partial charge in [-0.1, -0.05) is 18.2 Å². The molecule has 3 N–H and O–H groups in total. The second-order valence-electron chi connectivity index (χ2n) is 8.27. The van der Waals surface area contributed by atoms with E-state index in [2.05, 4.69) is 37.1 Å². The number of nitrogens with zero attached hydrogens (tertiary/aromatic N) is 1. The number of hydrogen-bond acceptors (Lipinski definition) is 9. The molecule has 1 amide bonds. The van der Waals surface area contributed by atoms with Gasteiger partial charge in [-0.15, -0.1) is 0 Å². The molecule has 0 bridgehead atoms. The molecule has 0 spiro atoms. The minimum absolute atomic E-state index is 0.214. The molecule has 2 aromatic rings. The molecule has 40 heavy (non-hydrogen) atoms. The van der Waals surface area contributed by atoms with Crippen LogP contribution in [0, 0.1) is 0 Å². The first-order valence-corrected chi connectivity index (χ1v) is 13.5. The van der Waals surface area contributed by atoms with Gasteiger partial charge < -0.3 is 29.6 Å². The van der Waals surface area contributed by atoms with Crippen LogP contribution in [-0.4, -0.2) is 49.0 Å². The van der Waals surface area contributed by atoms with Gasteiger partial charge in [0.15, 0.2) is 23.2 Å². The van der Waals surface area contributed by atoms with E-state index in [9.17, 15) is 14.4 Å². The molecule has 2 aromatic carbocycles. The van der Waals surface area contributed by atoms with Crippen molar-refractivity contribution in [1.29, 1.82) is 0 Å². The Morgan fingerprint density at radius 1 is 1.12 bits per heavy atom. The van der Waals surface area contributed by atoms with Gasteiger partial charge in [0.05, 0.1) is 35.5 Å². The predicted molar refractivity (Wildman–Crippen MR) is 155 cm³/mol. The summed E-state index contributed by atoms with van der Waals surface area (Å²) in [6.07, 6.45) is 1.41. The molecule has 1 aliphatic heterocycles.